The second-order valence-corrected chi connectivity index (χ2v) is 8.54. The maximum atomic E-state index is 14.3. The molecule has 0 atom stereocenters. The minimum absolute atomic E-state index is 0.0186. The highest BCUT2D eigenvalue weighted by atomic mass is 32.2. The molecule has 1 aromatic heterocycles. The molecule has 0 aliphatic rings. The Labute approximate surface area is 172 Å². The highest BCUT2D eigenvalue weighted by Gasteiger charge is 2.27. The lowest BCUT2D eigenvalue weighted by molar-refractivity contribution is 0.140. The number of sulfone groups is 1. The fourth-order valence-electron chi connectivity index (χ4n) is 3.13. The van der Waals surface area contributed by atoms with Gasteiger partial charge in [0, 0.05) is 17.4 Å². The van der Waals surface area contributed by atoms with E-state index in [0.29, 0.717) is 5.56 Å². The molecule has 0 bridgehead atoms. The molecule has 3 rings (SSSR count). The second kappa shape index (κ2) is 8.35. The lowest BCUT2D eigenvalue weighted by atomic mass is 9.98. The molecule has 0 saturated heterocycles. The second-order valence-electron chi connectivity index (χ2n) is 6.53. The van der Waals surface area contributed by atoms with Crippen LogP contribution >= 0.6 is 0 Å². The fourth-order valence-corrected chi connectivity index (χ4v) is 3.76. The van der Waals surface area contributed by atoms with Gasteiger partial charge in [0.15, 0.2) is 21.4 Å². The van der Waals surface area contributed by atoms with E-state index < -0.39 is 22.1 Å². The molecule has 0 saturated carbocycles. The van der Waals surface area contributed by atoms with Crippen LogP contribution in [0.1, 0.15) is 12.1 Å². The number of alkyl halides is 2. The molecule has 0 fully saturated rings. The van der Waals surface area contributed by atoms with E-state index in [1.165, 1.54) is 49.6 Å². The average Bonchev–Trinajstić information content (AvgIpc) is 3.07. The SMILES string of the molecule is C=CCn1nc(-c2ccc(S(C)(=O)=O)cc2)c(-c2ccc(OC)c(F)c2)c1C(F)F. The molecule has 0 unspecified atom stereocenters. The van der Waals surface area contributed by atoms with Crippen LogP contribution in [0.5, 0.6) is 5.75 Å². The quantitative estimate of drug-likeness (QED) is 0.495. The Morgan fingerprint density at radius 3 is 2.30 bits per heavy atom. The third-order valence-corrected chi connectivity index (χ3v) is 5.63. The number of nitrogens with zero attached hydrogens (tertiary/aromatic N) is 2. The van der Waals surface area contributed by atoms with E-state index in [-0.39, 0.29) is 39.7 Å². The maximum absolute atomic E-state index is 14.3. The lowest BCUT2D eigenvalue weighted by Gasteiger charge is -2.10. The van der Waals surface area contributed by atoms with Gasteiger partial charge < -0.3 is 4.74 Å². The monoisotopic (exact) mass is 436 g/mol. The molecule has 30 heavy (non-hydrogen) atoms. The number of halogens is 3. The van der Waals surface area contributed by atoms with E-state index in [0.717, 1.165) is 17.0 Å². The number of hydrogen-bond donors (Lipinski definition) is 0. The standard InChI is InChI=1S/C21H19F3N2O3S/c1-4-11-26-20(21(23)24)18(14-7-10-17(29-2)16(22)12-14)19(25-26)13-5-8-15(9-6-13)30(3,27)28/h4-10,12,21H,1,11H2,2-3H3. The topological polar surface area (TPSA) is 61.2 Å². The molecule has 0 N–H and O–H groups in total. The molecule has 3 aromatic rings. The van der Waals surface area contributed by atoms with Crippen molar-refractivity contribution < 1.29 is 26.3 Å². The van der Waals surface area contributed by atoms with Crippen LogP contribution in [-0.4, -0.2) is 31.6 Å². The van der Waals surface area contributed by atoms with Gasteiger partial charge >= 0.3 is 0 Å². The van der Waals surface area contributed by atoms with E-state index in [2.05, 4.69) is 11.7 Å². The molecule has 0 aliphatic carbocycles. The summed E-state index contributed by atoms with van der Waals surface area (Å²) < 4.78 is 71.8. The van der Waals surface area contributed by atoms with Crippen molar-refractivity contribution in [1.82, 2.24) is 9.78 Å². The number of allylic oxidation sites excluding steroid dienone is 1. The highest BCUT2D eigenvalue weighted by Crippen LogP contribution is 2.40. The summed E-state index contributed by atoms with van der Waals surface area (Å²) in [7, 11) is -2.12. The summed E-state index contributed by atoms with van der Waals surface area (Å²) in [6.07, 6.45) is -0.392. The molecule has 9 heteroatoms. The van der Waals surface area contributed by atoms with Gasteiger partial charge in [-0.15, -0.1) is 6.58 Å². The number of methoxy groups -OCH3 is 1. The zero-order valence-electron chi connectivity index (χ0n) is 16.3. The van der Waals surface area contributed by atoms with Gasteiger partial charge in [0.2, 0.25) is 0 Å². The van der Waals surface area contributed by atoms with Crippen LogP contribution in [0.4, 0.5) is 13.2 Å². The first-order valence-corrected chi connectivity index (χ1v) is 10.7. The Morgan fingerprint density at radius 1 is 1.17 bits per heavy atom. The molecule has 0 amide bonds. The van der Waals surface area contributed by atoms with E-state index in [1.54, 1.807) is 0 Å². The predicted molar refractivity (Wildman–Crippen MR) is 108 cm³/mol. The number of benzene rings is 2. The highest BCUT2D eigenvalue weighted by molar-refractivity contribution is 7.90. The van der Waals surface area contributed by atoms with Gasteiger partial charge in [-0.25, -0.2) is 21.6 Å². The number of rotatable bonds is 7. The summed E-state index contributed by atoms with van der Waals surface area (Å²) in [6.45, 7) is 3.59. The number of ether oxygens (including phenoxy) is 1. The first kappa shape index (κ1) is 21.6. The van der Waals surface area contributed by atoms with Gasteiger partial charge in [0.25, 0.3) is 6.43 Å². The van der Waals surface area contributed by atoms with E-state index in [4.69, 9.17) is 4.74 Å². The zero-order valence-corrected chi connectivity index (χ0v) is 17.1. The van der Waals surface area contributed by atoms with Crippen LogP contribution in [0.25, 0.3) is 22.4 Å². The van der Waals surface area contributed by atoms with Crippen molar-refractivity contribution in [2.75, 3.05) is 13.4 Å². The first-order chi connectivity index (χ1) is 14.2. The Kier molecular flexibility index (Phi) is 6.02. The van der Waals surface area contributed by atoms with Crippen LogP contribution in [0, 0.1) is 5.82 Å². The molecule has 0 spiro atoms. The van der Waals surface area contributed by atoms with Crippen LogP contribution in [0.15, 0.2) is 60.0 Å². The Hall–Kier alpha value is -3.07. The maximum Gasteiger partial charge on any atom is 0.280 e. The van der Waals surface area contributed by atoms with Crippen molar-refractivity contribution in [3.8, 4) is 28.1 Å². The summed E-state index contributed by atoms with van der Waals surface area (Å²) in [5.41, 5.74) is 0.457. The van der Waals surface area contributed by atoms with Crippen molar-refractivity contribution in [2.24, 2.45) is 0 Å². The molecular formula is C21H19F3N2O3S. The van der Waals surface area contributed by atoms with E-state index in [9.17, 15) is 21.6 Å². The summed E-state index contributed by atoms with van der Waals surface area (Å²) in [6, 6.07) is 9.63. The van der Waals surface area contributed by atoms with Gasteiger partial charge in [0.05, 0.1) is 18.6 Å². The summed E-state index contributed by atoms with van der Waals surface area (Å²) in [4.78, 5) is 0.0860. The van der Waals surface area contributed by atoms with Crippen molar-refractivity contribution in [3.63, 3.8) is 0 Å². The third-order valence-electron chi connectivity index (χ3n) is 4.50. The van der Waals surface area contributed by atoms with Crippen molar-refractivity contribution in [2.45, 2.75) is 17.9 Å². The normalized spacial score (nSPS) is 11.7. The lowest BCUT2D eigenvalue weighted by Crippen LogP contribution is -2.04. The molecule has 2 aromatic carbocycles. The smallest absolute Gasteiger partial charge is 0.280 e. The van der Waals surface area contributed by atoms with Crippen molar-refractivity contribution in [3.05, 3.63) is 66.6 Å². The largest absolute Gasteiger partial charge is 0.494 e. The van der Waals surface area contributed by atoms with Gasteiger partial charge in [-0.2, -0.15) is 5.10 Å². The zero-order chi connectivity index (χ0) is 22.1. The van der Waals surface area contributed by atoms with Gasteiger partial charge in [-0.1, -0.05) is 24.3 Å². The summed E-state index contributed by atoms with van der Waals surface area (Å²) >= 11 is 0. The van der Waals surface area contributed by atoms with Crippen LogP contribution < -0.4 is 4.74 Å². The van der Waals surface area contributed by atoms with Crippen molar-refractivity contribution in [1.29, 1.82) is 0 Å². The van der Waals surface area contributed by atoms with Gasteiger partial charge in [0.1, 0.15) is 11.4 Å². The molecule has 0 radical (unpaired) electrons. The Morgan fingerprint density at radius 2 is 1.80 bits per heavy atom. The van der Waals surface area contributed by atoms with Crippen molar-refractivity contribution >= 4 is 9.84 Å². The molecule has 1 heterocycles. The van der Waals surface area contributed by atoms with Gasteiger partial charge in [-0.05, 0) is 29.8 Å². The number of hydrogen-bond acceptors (Lipinski definition) is 4. The molecular weight excluding hydrogens is 417 g/mol. The van der Waals surface area contributed by atoms with Crippen LogP contribution in [0.3, 0.4) is 0 Å². The Bertz CT molecular complexity index is 1190. The van der Waals surface area contributed by atoms with Crippen LogP contribution in [-0.2, 0) is 16.4 Å². The molecule has 0 aliphatic heterocycles. The van der Waals surface area contributed by atoms with Gasteiger partial charge in [-0.3, -0.25) is 4.68 Å². The fraction of sp³-hybridized carbons (Fsp3) is 0.190. The van der Waals surface area contributed by atoms with E-state index in [1.807, 2.05) is 0 Å². The van der Waals surface area contributed by atoms with Crippen LogP contribution in [0.2, 0.25) is 0 Å². The van der Waals surface area contributed by atoms with E-state index >= 15 is 0 Å². The number of aromatic nitrogens is 2. The first-order valence-electron chi connectivity index (χ1n) is 8.81. The molecule has 5 nitrogen and oxygen atoms in total. The average molecular weight is 436 g/mol. The third kappa shape index (κ3) is 4.11. The predicted octanol–water partition coefficient (Wildman–Crippen LogP) is 4.89. The summed E-state index contributed by atoms with van der Waals surface area (Å²) in [5, 5.41) is 4.29. The summed E-state index contributed by atoms with van der Waals surface area (Å²) in [5.74, 6) is -0.722. The molecule has 158 valence electrons. The minimum atomic E-state index is -3.42. The Balaban J connectivity index is 2.28. The minimum Gasteiger partial charge on any atom is -0.494 e.